The van der Waals surface area contributed by atoms with Crippen LogP contribution in [0.3, 0.4) is 0 Å². The third-order valence-corrected chi connectivity index (χ3v) is 4.64. The molecule has 0 aliphatic rings. The Morgan fingerprint density at radius 2 is 2.00 bits per heavy atom. The van der Waals surface area contributed by atoms with Crippen molar-refractivity contribution in [2.45, 2.75) is 31.6 Å². The average molecular weight is 281 g/mol. The summed E-state index contributed by atoms with van der Waals surface area (Å²) in [6.45, 7) is 4.45. The number of rotatable bonds is 6. The smallest absolute Gasteiger partial charge is 0.242 e. The molecule has 0 radical (unpaired) electrons. The van der Waals surface area contributed by atoms with Crippen LogP contribution in [0.1, 0.15) is 32.3 Å². The van der Waals surface area contributed by atoms with Crippen molar-refractivity contribution in [1.82, 2.24) is 4.72 Å². The van der Waals surface area contributed by atoms with E-state index in [9.17, 15) is 8.42 Å². The highest BCUT2D eigenvalue weighted by Gasteiger charge is 2.18. The highest BCUT2D eigenvalue weighted by atomic mass is 32.2. The molecular formula is C13H19N3O2S. The van der Waals surface area contributed by atoms with Crippen LogP contribution < -0.4 is 10.5 Å². The van der Waals surface area contributed by atoms with Crippen molar-refractivity contribution in [3.63, 3.8) is 0 Å². The molecule has 0 spiro atoms. The minimum absolute atomic E-state index is 0.0254. The molecule has 0 aromatic heterocycles. The Kier molecular flexibility index (Phi) is 5.33. The van der Waals surface area contributed by atoms with Crippen LogP contribution in [0.15, 0.2) is 23.1 Å². The zero-order valence-corrected chi connectivity index (χ0v) is 12.0. The van der Waals surface area contributed by atoms with Gasteiger partial charge >= 0.3 is 0 Å². The highest BCUT2D eigenvalue weighted by Crippen LogP contribution is 2.19. The van der Waals surface area contributed by atoms with Crippen LogP contribution in [-0.4, -0.2) is 15.0 Å². The van der Waals surface area contributed by atoms with Gasteiger partial charge in [-0.25, -0.2) is 13.1 Å². The summed E-state index contributed by atoms with van der Waals surface area (Å²) in [5.74, 6) is 0.314. The van der Waals surface area contributed by atoms with Crippen molar-refractivity contribution in [1.29, 1.82) is 5.26 Å². The Bertz CT molecular complexity index is 572. The fourth-order valence-corrected chi connectivity index (χ4v) is 2.97. The lowest BCUT2D eigenvalue weighted by atomic mass is 10.0. The number of nitrogens with zero attached hydrogens (tertiary/aromatic N) is 1. The largest absolute Gasteiger partial charge is 0.398 e. The number of nitriles is 1. The van der Waals surface area contributed by atoms with Gasteiger partial charge in [-0.05, 0) is 24.1 Å². The lowest BCUT2D eigenvalue weighted by molar-refractivity contribution is 0.479. The van der Waals surface area contributed by atoms with Gasteiger partial charge in [-0.15, -0.1) is 0 Å². The number of anilines is 1. The van der Waals surface area contributed by atoms with E-state index in [-0.39, 0.29) is 10.6 Å². The van der Waals surface area contributed by atoms with E-state index in [1.165, 1.54) is 18.2 Å². The van der Waals surface area contributed by atoms with Crippen LogP contribution in [0.5, 0.6) is 0 Å². The first-order chi connectivity index (χ1) is 8.94. The van der Waals surface area contributed by atoms with E-state index >= 15 is 0 Å². The van der Waals surface area contributed by atoms with E-state index in [0.29, 0.717) is 18.0 Å². The molecule has 1 aromatic carbocycles. The molecule has 1 aromatic rings. The van der Waals surface area contributed by atoms with E-state index in [4.69, 9.17) is 11.0 Å². The topological polar surface area (TPSA) is 96.0 Å². The lowest BCUT2D eigenvalue weighted by Crippen LogP contribution is -2.29. The number of hydrogen-bond donors (Lipinski definition) is 2. The van der Waals surface area contributed by atoms with E-state index < -0.39 is 10.0 Å². The third-order valence-electron chi connectivity index (χ3n) is 3.15. The molecule has 0 saturated carbocycles. The number of nitrogens with two attached hydrogens (primary N) is 1. The number of nitrogen functional groups attached to an aromatic ring is 1. The van der Waals surface area contributed by atoms with Crippen molar-refractivity contribution in [3.8, 4) is 6.07 Å². The van der Waals surface area contributed by atoms with E-state index in [1.807, 2.05) is 19.9 Å². The minimum Gasteiger partial charge on any atom is -0.398 e. The SMILES string of the molecule is CCC(CC)CNS(=O)(=O)c1ccc(C#N)cc1N. The fourth-order valence-electron chi connectivity index (χ4n) is 1.75. The fraction of sp³-hybridized carbons (Fsp3) is 0.462. The molecule has 0 bridgehead atoms. The molecule has 104 valence electrons. The van der Waals surface area contributed by atoms with Gasteiger partial charge < -0.3 is 5.73 Å². The minimum atomic E-state index is -3.62. The first-order valence-corrected chi connectivity index (χ1v) is 7.72. The van der Waals surface area contributed by atoms with Crippen LogP contribution in [0.2, 0.25) is 0 Å². The molecule has 0 amide bonds. The second-order valence-corrected chi connectivity index (χ2v) is 6.13. The van der Waals surface area contributed by atoms with Crippen LogP contribution in [-0.2, 0) is 10.0 Å². The Labute approximate surface area is 114 Å². The van der Waals surface area contributed by atoms with Crippen LogP contribution in [0, 0.1) is 17.2 Å². The standard InChI is InChI=1S/C13H19N3O2S/c1-3-10(4-2)9-16-19(17,18)13-6-5-11(8-14)7-12(13)15/h5-7,10,16H,3-4,9,15H2,1-2H3. The van der Waals surface area contributed by atoms with Gasteiger partial charge in [-0.2, -0.15) is 5.26 Å². The Morgan fingerprint density at radius 3 is 2.47 bits per heavy atom. The second-order valence-electron chi connectivity index (χ2n) is 4.40. The monoisotopic (exact) mass is 281 g/mol. The van der Waals surface area contributed by atoms with Gasteiger partial charge in [0.2, 0.25) is 10.0 Å². The van der Waals surface area contributed by atoms with Crippen molar-refractivity contribution in [3.05, 3.63) is 23.8 Å². The summed E-state index contributed by atoms with van der Waals surface area (Å²) in [6.07, 6.45) is 1.84. The second kappa shape index (κ2) is 6.55. The van der Waals surface area contributed by atoms with Gasteiger partial charge in [0.25, 0.3) is 0 Å². The van der Waals surface area contributed by atoms with Gasteiger partial charge in [-0.1, -0.05) is 26.7 Å². The van der Waals surface area contributed by atoms with E-state index in [1.54, 1.807) is 0 Å². The van der Waals surface area contributed by atoms with Gasteiger partial charge in [0.15, 0.2) is 0 Å². The summed E-state index contributed by atoms with van der Waals surface area (Å²) < 4.78 is 26.8. The van der Waals surface area contributed by atoms with Crippen molar-refractivity contribution in [2.24, 2.45) is 5.92 Å². The van der Waals surface area contributed by atoms with Crippen molar-refractivity contribution in [2.75, 3.05) is 12.3 Å². The van der Waals surface area contributed by atoms with Crippen molar-refractivity contribution < 1.29 is 8.42 Å². The summed E-state index contributed by atoms with van der Waals surface area (Å²) in [5, 5.41) is 8.73. The lowest BCUT2D eigenvalue weighted by Gasteiger charge is -2.14. The quantitative estimate of drug-likeness (QED) is 0.778. The molecular weight excluding hydrogens is 262 g/mol. The number of hydrogen-bond acceptors (Lipinski definition) is 4. The van der Waals surface area contributed by atoms with Crippen LogP contribution in [0.25, 0.3) is 0 Å². The molecule has 0 aliphatic heterocycles. The zero-order chi connectivity index (χ0) is 14.5. The number of nitrogens with one attached hydrogen (secondary N) is 1. The van der Waals surface area contributed by atoms with Crippen LogP contribution in [0.4, 0.5) is 5.69 Å². The van der Waals surface area contributed by atoms with E-state index in [0.717, 1.165) is 12.8 Å². The van der Waals surface area contributed by atoms with Crippen molar-refractivity contribution >= 4 is 15.7 Å². The molecule has 0 fully saturated rings. The number of benzene rings is 1. The maximum absolute atomic E-state index is 12.1. The van der Waals surface area contributed by atoms with Gasteiger partial charge in [0.1, 0.15) is 4.90 Å². The Morgan fingerprint density at radius 1 is 1.37 bits per heavy atom. The zero-order valence-electron chi connectivity index (χ0n) is 11.2. The first kappa shape index (κ1) is 15.5. The molecule has 19 heavy (non-hydrogen) atoms. The molecule has 3 N–H and O–H groups in total. The normalized spacial score (nSPS) is 11.5. The summed E-state index contributed by atoms with van der Waals surface area (Å²) in [4.78, 5) is 0.0254. The molecule has 5 nitrogen and oxygen atoms in total. The summed E-state index contributed by atoms with van der Waals surface area (Å²) in [7, 11) is -3.62. The van der Waals surface area contributed by atoms with E-state index in [2.05, 4.69) is 4.72 Å². The third kappa shape index (κ3) is 3.94. The molecule has 0 heterocycles. The predicted molar refractivity (Wildman–Crippen MR) is 74.8 cm³/mol. The average Bonchev–Trinajstić information content (AvgIpc) is 2.39. The van der Waals surface area contributed by atoms with Gasteiger partial charge in [0.05, 0.1) is 17.3 Å². The Balaban J connectivity index is 2.92. The molecule has 1 rings (SSSR count). The maximum Gasteiger partial charge on any atom is 0.242 e. The highest BCUT2D eigenvalue weighted by molar-refractivity contribution is 7.89. The molecule has 0 atom stereocenters. The number of sulfonamides is 1. The summed E-state index contributed by atoms with van der Waals surface area (Å²) >= 11 is 0. The molecule has 0 unspecified atom stereocenters. The molecule has 6 heteroatoms. The molecule has 0 aliphatic carbocycles. The summed E-state index contributed by atoms with van der Waals surface area (Å²) in [5.41, 5.74) is 6.12. The van der Waals surface area contributed by atoms with Gasteiger partial charge in [0, 0.05) is 6.54 Å². The Hall–Kier alpha value is -1.58. The molecule has 0 saturated heterocycles. The van der Waals surface area contributed by atoms with Gasteiger partial charge in [-0.3, -0.25) is 0 Å². The maximum atomic E-state index is 12.1. The first-order valence-electron chi connectivity index (χ1n) is 6.23. The summed E-state index contributed by atoms with van der Waals surface area (Å²) in [6, 6.07) is 6.10. The predicted octanol–water partition coefficient (Wildman–Crippen LogP) is 1.85. The van der Waals surface area contributed by atoms with Crippen LogP contribution >= 0.6 is 0 Å².